The maximum atomic E-state index is 13.0. The van der Waals surface area contributed by atoms with Crippen molar-refractivity contribution in [2.24, 2.45) is 29.6 Å². The van der Waals surface area contributed by atoms with Gasteiger partial charge < -0.3 is 63.8 Å². The first-order valence-electron chi connectivity index (χ1n) is 27.4. The average Bonchev–Trinajstić information content (AvgIpc) is 3.83. The zero-order valence-corrected chi connectivity index (χ0v) is 47.9. The summed E-state index contributed by atoms with van der Waals surface area (Å²) in [5.41, 5.74) is 2.30. The van der Waals surface area contributed by atoms with Gasteiger partial charge in [0.05, 0.1) is 43.0 Å². The van der Waals surface area contributed by atoms with Gasteiger partial charge in [0.1, 0.15) is 23.7 Å². The van der Waals surface area contributed by atoms with Crippen LogP contribution in [0.25, 0.3) is 6.08 Å². The first-order valence-corrected chi connectivity index (χ1v) is 27.4. The van der Waals surface area contributed by atoms with Crippen LogP contribution in [-0.2, 0) is 39.7 Å². The van der Waals surface area contributed by atoms with Crippen LogP contribution >= 0.6 is 0 Å². The summed E-state index contributed by atoms with van der Waals surface area (Å²) in [6.07, 6.45) is 9.05. The highest BCUT2D eigenvalue weighted by Crippen LogP contribution is 2.34. The van der Waals surface area contributed by atoms with E-state index in [9.17, 15) is 24.9 Å². The second kappa shape index (κ2) is 34.3. The van der Waals surface area contributed by atoms with Crippen LogP contribution < -0.4 is 9.64 Å². The number of esters is 1. The van der Waals surface area contributed by atoms with Crippen molar-refractivity contribution in [2.45, 2.75) is 195 Å². The van der Waals surface area contributed by atoms with Crippen molar-refractivity contribution in [3.05, 3.63) is 65.7 Å². The number of fused-ring (bicyclic) bond motifs is 1. The fourth-order valence-electron chi connectivity index (χ4n) is 10.6. The summed E-state index contributed by atoms with van der Waals surface area (Å²) in [6.45, 7) is 23.4. The molecule has 0 aliphatic carbocycles. The second-order valence-electron chi connectivity index (χ2n) is 21.0. The number of carbonyl (C=O) groups is 2. The first-order chi connectivity index (χ1) is 35.3. The van der Waals surface area contributed by atoms with Gasteiger partial charge in [-0.2, -0.15) is 0 Å². The van der Waals surface area contributed by atoms with E-state index in [0.29, 0.717) is 43.9 Å². The van der Waals surface area contributed by atoms with E-state index < -0.39 is 54.8 Å². The number of nitrogens with zero attached hydrogens (tertiary/aromatic N) is 2. The quantitative estimate of drug-likeness (QED) is 0.0946. The fourth-order valence-corrected chi connectivity index (χ4v) is 10.6. The van der Waals surface area contributed by atoms with Gasteiger partial charge in [0.2, 0.25) is 0 Å². The molecule has 74 heavy (non-hydrogen) atoms. The Morgan fingerprint density at radius 1 is 0.851 bits per heavy atom. The highest BCUT2D eigenvalue weighted by molar-refractivity contribution is 5.83. The van der Waals surface area contributed by atoms with E-state index in [1.807, 2.05) is 41.5 Å². The van der Waals surface area contributed by atoms with E-state index >= 15 is 0 Å². The van der Waals surface area contributed by atoms with Gasteiger partial charge in [-0.1, -0.05) is 84.0 Å². The first kappa shape index (κ1) is 66.6. The highest BCUT2D eigenvalue weighted by Gasteiger charge is 2.43. The molecule has 15 atom stereocenters. The Morgan fingerprint density at radius 3 is 2.14 bits per heavy atom. The third kappa shape index (κ3) is 21.2. The molecule has 2 aromatic carbocycles. The van der Waals surface area contributed by atoms with Crippen LogP contribution in [0.3, 0.4) is 0 Å². The van der Waals surface area contributed by atoms with Crippen LogP contribution in [0.15, 0.2) is 54.6 Å². The zero-order chi connectivity index (χ0) is 55.7. The molecule has 0 saturated carbocycles. The number of para-hydroxylation sites is 1. The number of hydrogen-bond donors (Lipinski definition) is 5. The molecule has 3 saturated heterocycles. The molecule has 6 rings (SSSR count). The van der Waals surface area contributed by atoms with Crippen LogP contribution in [0, 0.1) is 29.6 Å². The molecule has 0 aromatic heterocycles. The molecule has 15 nitrogen and oxygen atoms in total. The van der Waals surface area contributed by atoms with Gasteiger partial charge in [0.25, 0.3) is 0 Å². The minimum absolute atomic E-state index is 0.0713. The number of carbonyl (C=O) groups excluding carboxylic acids is 2. The normalized spacial score (nSPS) is 32.1. The number of aliphatic hydroxyl groups is 5. The number of aliphatic hydroxyl groups excluding tert-OH is 4. The molecule has 0 radical (unpaired) electrons. The number of ether oxygens (including phenoxy) is 6. The predicted octanol–water partition coefficient (Wildman–Crippen LogP) is 8.48. The second-order valence-corrected chi connectivity index (χ2v) is 21.0. The maximum Gasteiger partial charge on any atom is 0.311 e. The summed E-state index contributed by atoms with van der Waals surface area (Å²) < 4.78 is 35.0. The highest BCUT2D eigenvalue weighted by atomic mass is 16.7. The summed E-state index contributed by atoms with van der Waals surface area (Å²) in [5, 5.41) is 45.3. The van der Waals surface area contributed by atoms with Crippen LogP contribution in [0.5, 0.6) is 5.75 Å². The van der Waals surface area contributed by atoms with Gasteiger partial charge in [0.15, 0.2) is 12.6 Å². The monoisotopic (exact) mass is 1040 g/mol. The molecule has 0 amide bonds. The lowest BCUT2D eigenvalue weighted by atomic mass is 9.80. The number of Topliss-reactive ketones (excluding diaryl/α,β-unsaturated/α-hetero) is 1. The Labute approximate surface area is 445 Å². The van der Waals surface area contributed by atoms with Crippen LogP contribution in [-0.4, -0.2) is 158 Å². The number of hydrogen-bond acceptors (Lipinski definition) is 15. The SMILES string of the molecule is CC.CC1CC(N(C)CCCOc2ccc(/C=C\CC(C)N3CCc4ccccc43)cc2)CC(O)O1.CO.CO.COC1C[C@@H](C)C(=O)C(C)C(O)[C@](C)(O)COC(=O)C(C)[C@@H](O[C@H]2CC(C)CC(C)O2)[C@H](C)C1. The number of methoxy groups -OCH3 is 1. The van der Waals surface area contributed by atoms with E-state index in [0.717, 1.165) is 71.6 Å². The molecule has 10 unspecified atom stereocenters. The van der Waals surface area contributed by atoms with Crippen molar-refractivity contribution in [3.8, 4) is 5.75 Å². The van der Waals surface area contributed by atoms with Crippen molar-refractivity contribution >= 4 is 23.5 Å². The van der Waals surface area contributed by atoms with Gasteiger partial charge in [-0.3, -0.25) is 9.59 Å². The zero-order valence-electron chi connectivity index (χ0n) is 47.9. The van der Waals surface area contributed by atoms with Crippen molar-refractivity contribution < 1.29 is 63.5 Å². The predicted molar refractivity (Wildman–Crippen MR) is 294 cm³/mol. The summed E-state index contributed by atoms with van der Waals surface area (Å²) in [6, 6.07) is 18.0. The standard InChI is InChI=1S/C29H40N2O3.C26H46O8.C2H6.2CH4O/c1-22(31-18-16-25-10-4-5-11-28(25)31)8-6-9-24-12-14-27(15-13-24)33-19-7-17-30(3)26-20-23(2)34-29(32)21-26;1-14-9-17(4)33-21(10-14)34-23-16(3)12-20(31-8)11-15(2)22(27)18(5)24(28)26(7,30)13-32-25(29)19(23)6;3*1-2/h4-6,9-15,22-23,26,29,32H,7-8,16-21H2,1-3H3;14-21,23-24,28,30H,9-13H2,1-8H3;1-2H3;2*2H,1H3/b9-6-;;;;/t;14?,15-,16-,17?,18?,19?,20?,21+,23+,24?,26-;;;/m.1.../s1. The number of cyclic esters (lactones) is 1. The molecule has 4 heterocycles. The van der Waals surface area contributed by atoms with E-state index in [1.54, 1.807) is 21.0 Å². The Balaban J connectivity index is 0.000000460. The van der Waals surface area contributed by atoms with Crippen molar-refractivity contribution in [2.75, 3.05) is 59.6 Å². The summed E-state index contributed by atoms with van der Waals surface area (Å²) >= 11 is 0. The molecular formula is C59H100N2O13. The Kier molecular flexibility index (Phi) is 30.9. The molecule has 3 fully saturated rings. The number of ketones is 1. The number of rotatable bonds is 13. The minimum Gasteiger partial charge on any atom is -0.494 e. The van der Waals surface area contributed by atoms with Crippen molar-refractivity contribution in [1.82, 2.24) is 4.90 Å². The smallest absolute Gasteiger partial charge is 0.311 e. The molecule has 0 bridgehead atoms. The Bertz CT molecular complexity index is 1860. The molecule has 15 heteroatoms. The van der Waals surface area contributed by atoms with Gasteiger partial charge >= 0.3 is 5.97 Å². The molecule has 5 N–H and O–H groups in total. The van der Waals surface area contributed by atoms with Crippen molar-refractivity contribution in [1.29, 1.82) is 0 Å². The van der Waals surface area contributed by atoms with Crippen LogP contribution in [0.2, 0.25) is 0 Å². The topological polar surface area (TPSA) is 197 Å². The lowest BCUT2D eigenvalue weighted by Gasteiger charge is -2.39. The summed E-state index contributed by atoms with van der Waals surface area (Å²) in [7, 11) is 5.74. The van der Waals surface area contributed by atoms with Gasteiger partial charge in [-0.05, 0) is 128 Å². The van der Waals surface area contributed by atoms with E-state index in [1.165, 1.54) is 23.7 Å². The third-order valence-corrected chi connectivity index (χ3v) is 14.7. The Hall–Kier alpha value is -3.48. The van der Waals surface area contributed by atoms with Gasteiger partial charge in [0, 0.05) is 76.9 Å². The molecule has 424 valence electrons. The maximum absolute atomic E-state index is 13.0. The largest absolute Gasteiger partial charge is 0.494 e. The number of benzene rings is 2. The molecular weight excluding hydrogens is 945 g/mol. The lowest BCUT2D eigenvalue weighted by molar-refractivity contribution is -0.239. The van der Waals surface area contributed by atoms with E-state index in [-0.39, 0.29) is 35.9 Å². The molecule has 4 aliphatic rings. The van der Waals surface area contributed by atoms with Crippen molar-refractivity contribution in [3.63, 3.8) is 0 Å². The Morgan fingerprint density at radius 2 is 1.50 bits per heavy atom. The van der Waals surface area contributed by atoms with Gasteiger partial charge in [-0.15, -0.1) is 0 Å². The third-order valence-electron chi connectivity index (χ3n) is 14.7. The fraction of sp³-hybridized carbons (Fsp3) is 0.729. The lowest BCUT2D eigenvalue weighted by Crippen LogP contribution is -2.51. The molecule has 2 aromatic rings. The van der Waals surface area contributed by atoms with Crippen LogP contribution in [0.4, 0.5) is 5.69 Å². The van der Waals surface area contributed by atoms with Crippen LogP contribution in [0.1, 0.15) is 139 Å². The van der Waals surface area contributed by atoms with Gasteiger partial charge in [-0.25, -0.2) is 0 Å². The molecule has 0 spiro atoms. The average molecular weight is 1050 g/mol. The summed E-state index contributed by atoms with van der Waals surface area (Å²) in [4.78, 5) is 30.9. The number of anilines is 1. The minimum atomic E-state index is -1.77. The summed E-state index contributed by atoms with van der Waals surface area (Å²) in [5.74, 6) is -1.23. The van der Waals surface area contributed by atoms with E-state index in [2.05, 4.69) is 91.4 Å². The van der Waals surface area contributed by atoms with E-state index in [4.69, 9.17) is 38.6 Å². The molecule has 4 aliphatic heterocycles.